The molecular weight excluding hydrogens is 196 g/mol. The summed E-state index contributed by atoms with van der Waals surface area (Å²) in [5, 5.41) is 2.69. The molecule has 1 saturated heterocycles. The van der Waals surface area contributed by atoms with Crippen LogP contribution in [0.15, 0.2) is 29.3 Å². The zero-order valence-corrected chi connectivity index (χ0v) is 8.60. The molecule has 2 rings (SSSR count). The lowest BCUT2D eigenvalue weighted by Crippen LogP contribution is -2.19. The number of hydrogen-bond donors (Lipinski definition) is 1. The molecule has 0 aromatic heterocycles. The molecule has 0 saturated carbocycles. The van der Waals surface area contributed by atoms with Gasteiger partial charge in [0.2, 0.25) is 0 Å². The van der Waals surface area contributed by atoms with Crippen LogP contribution in [0, 0.1) is 6.92 Å². The Morgan fingerprint density at radius 2 is 2.21 bits per heavy atom. The van der Waals surface area contributed by atoms with Gasteiger partial charge in [-0.2, -0.15) is 0 Å². The SMILES string of the molecule is Cc1ccccc1N=C1CSC(=O)N1. The number of amidine groups is 1. The zero-order chi connectivity index (χ0) is 9.97. The maximum absolute atomic E-state index is 10.9. The number of thioether (sulfide) groups is 1. The Labute approximate surface area is 86.6 Å². The molecule has 0 spiro atoms. The smallest absolute Gasteiger partial charge is 0.284 e. The molecule has 0 atom stereocenters. The number of nitrogens with zero attached hydrogens (tertiary/aromatic N) is 1. The lowest BCUT2D eigenvalue weighted by atomic mass is 10.2. The van der Waals surface area contributed by atoms with Crippen molar-refractivity contribution in [3.8, 4) is 0 Å². The molecule has 1 N–H and O–H groups in total. The molecule has 1 fully saturated rings. The van der Waals surface area contributed by atoms with Crippen LogP contribution in [0.3, 0.4) is 0 Å². The first-order valence-corrected chi connectivity index (χ1v) is 5.31. The molecular formula is C10H10N2OS. The number of para-hydroxylation sites is 1. The van der Waals surface area contributed by atoms with Gasteiger partial charge < -0.3 is 5.32 Å². The van der Waals surface area contributed by atoms with Gasteiger partial charge in [-0.1, -0.05) is 30.0 Å². The van der Waals surface area contributed by atoms with E-state index >= 15 is 0 Å². The Hall–Kier alpha value is -1.29. The third kappa shape index (κ3) is 1.96. The number of benzene rings is 1. The molecule has 0 bridgehead atoms. The maximum atomic E-state index is 10.9. The van der Waals surface area contributed by atoms with E-state index < -0.39 is 0 Å². The molecule has 14 heavy (non-hydrogen) atoms. The molecule has 1 aliphatic heterocycles. The molecule has 72 valence electrons. The maximum Gasteiger partial charge on any atom is 0.284 e. The highest BCUT2D eigenvalue weighted by Gasteiger charge is 2.16. The van der Waals surface area contributed by atoms with Crippen molar-refractivity contribution in [2.75, 3.05) is 5.75 Å². The van der Waals surface area contributed by atoms with E-state index in [0.29, 0.717) is 5.75 Å². The van der Waals surface area contributed by atoms with Gasteiger partial charge in [-0.15, -0.1) is 0 Å². The Balaban J connectivity index is 2.25. The Bertz CT molecular complexity index is 401. The van der Waals surface area contributed by atoms with Crippen molar-refractivity contribution in [3.05, 3.63) is 29.8 Å². The first-order chi connectivity index (χ1) is 6.75. The van der Waals surface area contributed by atoms with Crippen molar-refractivity contribution >= 4 is 28.5 Å². The number of rotatable bonds is 1. The average Bonchev–Trinajstić information content (AvgIpc) is 2.56. The van der Waals surface area contributed by atoms with Gasteiger partial charge in [0.15, 0.2) is 0 Å². The zero-order valence-electron chi connectivity index (χ0n) is 7.78. The van der Waals surface area contributed by atoms with Crippen LogP contribution in [-0.2, 0) is 0 Å². The van der Waals surface area contributed by atoms with Crippen molar-refractivity contribution in [1.82, 2.24) is 5.32 Å². The van der Waals surface area contributed by atoms with Crippen LogP contribution < -0.4 is 5.32 Å². The first-order valence-electron chi connectivity index (χ1n) is 4.33. The summed E-state index contributed by atoms with van der Waals surface area (Å²) in [6.45, 7) is 2.00. The molecule has 3 nitrogen and oxygen atoms in total. The van der Waals surface area contributed by atoms with Crippen LogP contribution in [0.5, 0.6) is 0 Å². The van der Waals surface area contributed by atoms with Crippen LogP contribution in [0.1, 0.15) is 5.56 Å². The summed E-state index contributed by atoms with van der Waals surface area (Å²) in [4.78, 5) is 15.3. The predicted octanol–water partition coefficient (Wildman–Crippen LogP) is 2.48. The van der Waals surface area contributed by atoms with Crippen LogP contribution in [0.25, 0.3) is 0 Å². The number of hydrogen-bond acceptors (Lipinski definition) is 3. The quantitative estimate of drug-likeness (QED) is 0.767. The van der Waals surface area contributed by atoms with Crippen LogP contribution in [-0.4, -0.2) is 16.8 Å². The molecule has 1 amide bonds. The lowest BCUT2D eigenvalue weighted by molar-refractivity contribution is 0.265. The predicted molar refractivity (Wildman–Crippen MR) is 59.3 cm³/mol. The normalized spacial score (nSPS) is 18.6. The van der Waals surface area contributed by atoms with Crippen LogP contribution in [0.2, 0.25) is 0 Å². The molecule has 0 unspecified atom stereocenters. The number of carbonyl (C=O) groups is 1. The molecule has 1 heterocycles. The third-order valence-electron chi connectivity index (χ3n) is 1.96. The highest BCUT2D eigenvalue weighted by molar-refractivity contribution is 8.14. The summed E-state index contributed by atoms with van der Waals surface area (Å²) in [5.41, 5.74) is 2.04. The van der Waals surface area contributed by atoms with Gasteiger partial charge in [0.25, 0.3) is 5.24 Å². The van der Waals surface area contributed by atoms with Crippen molar-refractivity contribution in [1.29, 1.82) is 0 Å². The van der Waals surface area contributed by atoms with Crippen LogP contribution in [0.4, 0.5) is 10.5 Å². The van der Waals surface area contributed by atoms with Gasteiger partial charge >= 0.3 is 0 Å². The van der Waals surface area contributed by atoms with Gasteiger partial charge in [0.05, 0.1) is 11.4 Å². The van der Waals surface area contributed by atoms with Gasteiger partial charge in [-0.05, 0) is 18.6 Å². The van der Waals surface area contributed by atoms with E-state index in [9.17, 15) is 4.79 Å². The summed E-state index contributed by atoms with van der Waals surface area (Å²) in [6.07, 6.45) is 0. The van der Waals surface area contributed by atoms with E-state index in [-0.39, 0.29) is 5.24 Å². The van der Waals surface area contributed by atoms with E-state index in [2.05, 4.69) is 10.3 Å². The minimum absolute atomic E-state index is 0.0164. The molecule has 1 aliphatic rings. The number of amides is 1. The minimum Gasteiger partial charge on any atom is -0.304 e. The summed E-state index contributed by atoms with van der Waals surface area (Å²) in [7, 11) is 0. The Kier molecular flexibility index (Phi) is 2.54. The standard InChI is InChI=1S/C10H10N2OS/c1-7-4-2-3-5-8(7)11-9-6-14-10(13)12-9/h2-5H,6H2,1H3,(H,11,12,13). The van der Waals surface area contributed by atoms with Crippen molar-refractivity contribution in [3.63, 3.8) is 0 Å². The van der Waals surface area contributed by atoms with Crippen molar-refractivity contribution < 1.29 is 4.79 Å². The van der Waals surface area contributed by atoms with E-state index in [1.54, 1.807) is 0 Å². The molecule has 1 aromatic rings. The second kappa shape index (κ2) is 3.84. The largest absolute Gasteiger partial charge is 0.304 e. The fourth-order valence-corrected chi connectivity index (χ4v) is 1.81. The van der Waals surface area contributed by atoms with E-state index in [1.165, 1.54) is 11.8 Å². The second-order valence-electron chi connectivity index (χ2n) is 3.05. The summed E-state index contributed by atoms with van der Waals surface area (Å²) >= 11 is 1.25. The van der Waals surface area contributed by atoms with Crippen molar-refractivity contribution in [2.45, 2.75) is 6.92 Å². The molecule has 0 aliphatic carbocycles. The summed E-state index contributed by atoms with van der Waals surface area (Å²) in [6, 6.07) is 7.86. The van der Waals surface area contributed by atoms with Crippen LogP contribution >= 0.6 is 11.8 Å². The first kappa shape index (κ1) is 9.27. The highest BCUT2D eigenvalue weighted by Crippen LogP contribution is 2.19. The average molecular weight is 206 g/mol. The summed E-state index contributed by atoms with van der Waals surface area (Å²) in [5.74, 6) is 1.39. The van der Waals surface area contributed by atoms with Gasteiger partial charge in [-0.3, -0.25) is 4.79 Å². The third-order valence-corrected chi connectivity index (χ3v) is 2.74. The van der Waals surface area contributed by atoms with Gasteiger partial charge in [0.1, 0.15) is 5.84 Å². The fourth-order valence-electron chi connectivity index (χ4n) is 1.22. The number of aryl methyl sites for hydroxylation is 1. The molecule has 0 radical (unpaired) electrons. The van der Waals surface area contributed by atoms with E-state index in [4.69, 9.17) is 0 Å². The lowest BCUT2D eigenvalue weighted by Gasteiger charge is -2.00. The summed E-state index contributed by atoms with van der Waals surface area (Å²) < 4.78 is 0. The topological polar surface area (TPSA) is 41.5 Å². The monoisotopic (exact) mass is 206 g/mol. The van der Waals surface area contributed by atoms with Gasteiger partial charge in [0, 0.05) is 0 Å². The second-order valence-corrected chi connectivity index (χ2v) is 3.99. The number of nitrogens with one attached hydrogen (secondary N) is 1. The van der Waals surface area contributed by atoms with E-state index in [1.807, 2.05) is 31.2 Å². The molecule has 4 heteroatoms. The number of aliphatic imine (C=N–C) groups is 1. The Morgan fingerprint density at radius 3 is 2.86 bits per heavy atom. The van der Waals surface area contributed by atoms with E-state index in [0.717, 1.165) is 17.1 Å². The molecule has 1 aromatic carbocycles. The minimum atomic E-state index is -0.0164. The van der Waals surface area contributed by atoms with Gasteiger partial charge in [-0.25, -0.2) is 4.99 Å². The fraction of sp³-hybridized carbons (Fsp3) is 0.200. The number of carbonyl (C=O) groups excluding carboxylic acids is 1. The highest BCUT2D eigenvalue weighted by atomic mass is 32.2. The van der Waals surface area contributed by atoms with Crippen molar-refractivity contribution in [2.24, 2.45) is 4.99 Å². The Morgan fingerprint density at radius 1 is 1.43 bits per heavy atom.